The number of aromatic nitrogens is 2. The molecule has 3 rings (SSSR count). The summed E-state index contributed by atoms with van der Waals surface area (Å²) in [5.74, 6) is 1.37. The first-order valence-corrected chi connectivity index (χ1v) is 8.28. The van der Waals surface area contributed by atoms with E-state index in [1.165, 1.54) is 6.20 Å². The van der Waals surface area contributed by atoms with E-state index in [4.69, 9.17) is 9.15 Å². The molecule has 0 aliphatic carbocycles. The van der Waals surface area contributed by atoms with Gasteiger partial charge in [0.25, 0.3) is 5.91 Å². The lowest BCUT2D eigenvalue weighted by Gasteiger charge is -2.14. The Bertz CT molecular complexity index is 863. The average Bonchev–Trinajstić information content (AvgIpc) is 3.15. The second-order valence-electron chi connectivity index (χ2n) is 5.82. The summed E-state index contributed by atoms with van der Waals surface area (Å²) in [5, 5.41) is 5.85. The molecule has 0 fully saturated rings. The number of rotatable bonds is 7. The third kappa shape index (κ3) is 4.60. The van der Waals surface area contributed by atoms with E-state index in [0.29, 0.717) is 23.9 Å². The number of hydrogen-bond acceptors (Lipinski definition) is 6. The second kappa shape index (κ2) is 8.15. The predicted octanol–water partition coefficient (Wildman–Crippen LogP) is 3.72. The van der Waals surface area contributed by atoms with Crippen LogP contribution in [0.15, 0.2) is 59.3 Å². The lowest BCUT2D eigenvalue weighted by atomic mass is 10.2. The third-order valence-corrected chi connectivity index (χ3v) is 3.39. The predicted molar refractivity (Wildman–Crippen MR) is 98.2 cm³/mol. The van der Waals surface area contributed by atoms with Gasteiger partial charge in [0, 0.05) is 6.20 Å². The molecule has 7 heteroatoms. The van der Waals surface area contributed by atoms with E-state index >= 15 is 0 Å². The minimum absolute atomic E-state index is 0.00417. The third-order valence-electron chi connectivity index (χ3n) is 3.39. The molecule has 0 atom stereocenters. The van der Waals surface area contributed by atoms with Crippen LogP contribution in [0.2, 0.25) is 0 Å². The molecular formula is C19H20N4O3. The van der Waals surface area contributed by atoms with Crippen LogP contribution in [0.4, 0.5) is 11.6 Å². The van der Waals surface area contributed by atoms with Crippen molar-refractivity contribution < 1.29 is 13.9 Å². The van der Waals surface area contributed by atoms with Crippen LogP contribution in [0.5, 0.6) is 5.75 Å². The Labute approximate surface area is 151 Å². The van der Waals surface area contributed by atoms with E-state index in [1.807, 2.05) is 38.1 Å². The molecule has 1 amide bonds. The van der Waals surface area contributed by atoms with Crippen molar-refractivity contribution in [3.05, 3.63) is 66.4 Å². The van der Waals surface area contributed by atoms with Crippen LogP contribution < -0.4 is 15.4 Å². The highest BCUT2D eigenvalue weighted by Crippen LogP contribution is 2.25. The number of amides is 1. The first-order chi connectivity index (χ1) is 12.6. The number of para-hydroxylation sites is 2. The van der Waals surface area contributed by atoms with Crippen molar-refractivity contribution in [2.45, 2.75) is 26.5 Å². The molecule has 26 heavy (non-hydrogen) atoms. The number of nitrogens with zero attached hydrogens (tertiary/aromatic N) is 2. The molecule has 0 aliphatic heterocycles. The van der Waals surface area contributed by atoms with Crippen LogP contribution in [-0.2, 0) is 6.54 Å². The lowest BCUT2D eigenvalue weighted by Crippen LogP contribution is -2.16. The number of anilines is 2. The molecule has 0 saturated heterocycles. The molecule has 0 aliphatic rings. The fourth-order valence-electron chi connectivity index (χ4n) is 2.26. The Hall–Kier alpha value is -3.35. The van der Waals surface area contributed by atoms with Crippen LogP contribution >= 0.6 is 0 Å². The fourth-order valence-corrected chi connectivity index (χ4v) is 2.26. The minimum Gasteiger partial charge on any atom is -0.489 e. The maximum Gasteiger partial charge on any atom is 0.274 e. The molecule has 0 bridgehead atoms. The Morgan fingerprint density at radius 2 is 2.04 bits per heavy atom. The zero-order valence-electron chi connectivity index (χ0n) is 14.6. The summed E-state index contributed by atoms with van der Waals surface area (Å²) in [6.45, 7) is 4.29. The van der Waals surface area contributed by atoms with Gasteiger partial charge in [0.15, 0.2) is 0 Å². The van der Waals surface area contributed by atoms with Gasteiger partial charge >= 0.3 is 0 Å². The van der Waals surface area contributed by atoms with Crippen molar-refractivity contribution in [1.29, 1.82) is 0 Å². The van der Waals surface area contributed by atoms with Gasteiger partial charge in [0.2, 0.25) is 5.95 Å². The summed E-state index contributed by atoms with van der Waals surface area (Å²) in [4.78, 5) is 20.9. The zero-order valence-corrected chi connectivity index (χ0v) is 14.6. The van der Waals surface area contributed by atoms with E-state index in [9.17, 15) is 4.79 Å². The number of carbonyl (C=O) groups is 1. The van der Waals surface area contributed by atoms with Crippen molar-refractivity contribution in [3.8, 4) is 5.75 Å². The SMILES string of the molecule is CC(C)Oc1ccccc1NC(=O)c1ccnc(NCc2ccco2)n1. The van der Waals surface area contributed by atoms with Crippen molar-refractivity contribution in [2.75, 3.05) is 10.6 Å². The Kier molecular flexibility index (Phi) is 5.48. The van der Waals surface area contributed by atoms with E-state index in [1.54, 1.807) is 24.5 Å². The molecule has 3 aromatic rings. The Morgan fingerprint density at radius 1 is 1.19 bits per heavy atom. The molecule has 1 aromatic carbocycles. The maximum atomic E-state index is 12.5. The molecule has 0 radical (unpaired) electrons. The van der Waals surface area contributed by atoms with Crippen molar-refractivity contribution in [3.63, 3.8) is 0 Å². The van der Waals surface area contributed by atoms with E-state index in [0.717, 1.165) is 5.76 Å². The molecule has 2 heterocycles. The molecule has 2 N–H and O–H groups in total. The molecule has 7 nitrogen and oxygen atoms in total. The lowest BCUT2D eigenvalue weighted by molar-refractivity contribution is 0.102. The van der Waals surface area contributed by atoms with Gasteiger partial charge in [-0.15, -0.1) is 0 Å². The van der Waals surface area contributed by atoms with E-state index < -0.39 is 0 Å². The molecular weight excluding hydrogens is 332 g/mol. The number of ether oxygens (including phenoxy) is 1. The van der Waals surface area contributed by atoms with Gasteiger partial charge in [-0.25, -0.2) is 9.97 Å². The summed E-state index contributed by atoms with van der Waals surface area (Å²) < 4.78 is 11.0. The van der Waals surface area contributed by atoms with Crippen LogP contribution in [0.3, 0.4) is 0 Å². The number of carbonyl (C=O) groups excluding carboxylic acids is 1. The molecule has 2 aromatic heterocycles. The van der Waals surface area contributed by atoms with Gasteiger partial charge in [0.05, 0.1) is 24.6 Å². The van der Waals surface area contributed by atoms with Crippen LogP contribution in [0.25, 0.3) is 0 Å². The largest absolute Gasteiger partial charge is 0.489 e. The summed E-state index contributed by atoms with van der Waals surface area (Å²) in [5.41, 5.74) is 0.844. The smallest absolute Gasteiger partial charge is 0.274 e. The Morgan fingerprint density at radius 3 is 2.81 bits per heavy atom. The van der Waals surface area contributed by atoms with Gasteiger partial charge in [-0.3, -0.25) is 4.79 Å². The summed E-state index contributed by atoms with van der Waals surface area (Å²) in [7, 11) is 0. The molecule has 0 saturated carbocycles. The topological polar surface area (TPSA) is 89.3 Å². The van der Waals surface area contributed by atoms with Gasteiger partial charge in [-0.2, -0.15) is 0 Å². The number of benzene rings is 1. The number of furan rings is 1. The van der Waals surface area contributed by atoms with E-state index in [-0.39, 0.29) is 17.7 Å². The number of hydrogen-bond donors (Lipinski definition) is 2. The molecule has 134 valence electrons. The van der Waals surface area contributed by atoms with Crippen LogP contribution in [0, 0.1) is 0 Å². The van der Waals surface area contributed by atoms with Crippen LogP contribution in [-0.4, -0.2) is 22.0 Å². The second-order valence-corrected chi connectivity index (χ2v) is 5.82. The maximum absolute atomic E-state index is 12.5. The standard InChI is InChI=1S/C19H20N4O3/c1-13(2)26-17-8-4-3-7-15(17)22-18(24)16-9-10-20-19(23-16)21-12-14-6-5-11-25-14/h3-11,13H,12H2,1-2H3,(H,22,24)(H,20,21,23). The first-order valence-electron chi connectivity index (χ1n) is 8.28. The van der Waals surface area contributed by atoms with Crippen molar-refractivity contribution >= 4 is 17.5 Å². The summed E-state index contributed by atoms with van der Waals surface area (Å²) in [6.07, 6.45) is 3.13. The molecule has 0 spiro atoms. The van der Waals surface area contributed by atoms with Gasteiger partial charge in [-0.1, -0.05) is 12.1 Å². The minimum atomic E-state index is -0.340. The normalized spacial score (nSPS) is 10.6. The first kappa shape index (κ1) is 17.5. The van der Waals surface area contributed by atoms with Crippen LogP contribution in [0.1, 0.15) is 30.1 Å². The highest BCUT2D eigenvalue weighted by molar-refractivity contribution is 6.03. The monoisotopic (exact) mass is 352 g/mol. The van der Waals surface area contributed by atoms with E-state index in [2.05, 4.69) is 20.6 Å². The van der Waals surface area contributed by atoms with Crippen molar-refractivity contribution in [1.82, 2.24) is 9.97 Å². The fraction of sp³-hybridized carbons (Fsp3) is 0.211. The molecule has 0 unspecified atom stereocenters. The summed E-state index contributed by atoms with van der Waals surface area (Å²) >= 11 is 0. The van der Waals surface area contributed by atoms with Gasteiger partial charge in [0.1, 0.15) is 17.2 Å². The Balaban J connectivity index is 1.69. The van der Waals surface area contributed by atoms with Gasteiger partial charge in [-0.05, 0) is 44.2 Å². The number of nitrogens with one attached hydrogen (secondary N) is 2. The quantitative estimate of drug-likeness (QED) is 0.674. The van der Waals surface area contributed by atoms with Gasteiger partial charge < -0.3 is 19.8 Å². The highest BCUT2D eigenvalue weighted by atomic mass is 16.5. The van der Waals surface area contributed by atoms with Crippen molar-refractivity contribution in [2.24, 2.45) is 0 Å². The average molecular weight is 352 g/mol. The highest BCUT2D eigenvalue weighted by Gasteiger charge is 2.13. The zero-order chi connectivity index (χ0) is 18.4. The summed E-state index contributed by atoms with van der Waals surface area (Å²) in [6, 6.07) is 12.5.